The number of halogens is 1. The zero-order valence-electron chi connectivity index (χ0n) is 23.9. The third-order valence-corrected chi connectivity index (χ3v) is 8.33. The fourth-order valence-electron chi connectivity index (χ4n) is 4.81. The Balaban J connectivity index is 1.36. The van der Waals surface area contributed by atoms with E-state index in [0.29, 0.717) is 23.9 Å². The SMILES string of the molecule is CN=C(c1ccc(Cl)cc1)c1c(-n2c(C)nnc2CCC(=O)Nc2ccc3c(c2)CO/C3=N\N(C)C)sc(C)c1C. The van der Waals surface area contributed by atoms with Crippen molar-refractivity contribution in [2.75, 3.05) is 26.5 Å². The molecule has 1 amide bonds. The minimum Gasteiger partial charge on any atom is -0.471 e. The smallest absolute Gasteiger partial charge is 0.238 e. The van der Waals surface area contributed by atoms with E-state index in [0.717, 1.165) is 55.9 Å². The number of nitrogens with one attached hydrogen (secondary N) is 1. The Morgan fingerprint density at radius 1 is 1.15 bits per heavy atom. The van der Waals surface area contributed by atoms with Crippen LogP contribution < -0.4 is 5.32 Å². The molecule has 1 N–H and O–H groups in total. The van der Waals surface area contributed by atoms with E-state index in [1.807, 2.05) is 68.1 Å². The van der Waals surface area contributed by atoms with Crippen molar-refractivity contribution in [3.8, 4) is 5.00 Å². The normalized spacial score (nSPS) is 13.8. The van der Waals surface area contributed by atoms with E-state index >= 15 is 0 Å². The number of carbonyl (C=O) groups is 1. The molecule has 0 bridgehead atoms. The average molecular weight is 590 g/mol. The lowest BCUT2D eigenvalue weighted by molar-refractivity contribution is -0.116. The Morgan fingerprint density at radius 3 is 2.61 bits per heavy atom. The molecule has 1 aliphatic heterocycles. The van der Waals surface area contributed by atoms with Gasteiger partial charge in [-0.1, -0.05) is 23.7 Å². The van der Waals surface area contributed by atoms with Crippen LogP contribution in [0.2, 0.25) is 5.02 Å². The second-order valence-electron chi connectivity index (χ2n) is 10.0. The number of nitrogens with zero attached hydrogens (tertiary/aromatic N) is 6. The van der Waals surface area contributed by atoms with E-state index in [1.165, 1.54) is 4.88 Å². The molecule has 0 spiro atoms. The number of benzene rings is 2. The number of aliphatic imine (C=N–C) groups is 1. The molecule has 0 radical (unpaired) electrons. The first kappa shape index (κ1) is 28.5. The molecule has 2 aromatic heterocycles. The van der Waals surface area contributed by atoms with Gasteiger partial charge in [0.15, 0.2) is 0 Å². The number of aromatic nitrogens is 3. The lowest BCUT2D eigenvalue weighted by Gasteiger charge is -2.13. The summed E-state index contributed by atoms with van der Waals surface area (Å²) in [5.41, 5.74) is 6.68. The van der Waals surface area contributed by atoms with E-state index in [2.05, 4.69) is 39.5 Å². The van der Waals surface area contributed by atoms with Gasteiger partial charge in [0.1, 0.15) is 23.3 Å². The molecule has 0 saturated heterocycles. The maximum atomic E-state index is 13.0. The molecule has 0 fully saturated rings. The van der Waals surface area contributed by atoms with Gasteiger partial charge in [-0.05, 0) is 56.7 Å². The van der Waals surface area contributed by atoms with Gasteiger partial charge >= 0.3 is 0 Å². The summed E-state index contributed by atoms with van der Waals surface area (Å²) >= 11 is 7.82. The molecular formula is C30H32ClN7O2S. The first-order valence-electron chi connectivity index (χ1n) is 13.2. The predicted octanol–water partition coefficient (Wildman–Crippen LogP) is 5.70. The van der Waals surface area contributed by atoms with Crippen LogP contribution in [0.3, 0.4) is 0 Å². The minimum atomic E-state index is -0.103. The van der Waals surface area contributed by atoms with Gasteiger partial charge in [0.25, 0.3) is 0 Å². The molecule has 0 aliphatic carbocycles. The van der Waals surface area contributed by atoms with Crippen molar-refractivity contribution < 1.29 is 9.53 Å². The summed E-state index contributed by atoms with van der Waals surface area (Å²) in [5, 5.41) is 19.6. The van der Waals surface area contributed by atoms with Crippen LogP contribution in [0.15, 0.2) is 52.6 Å². The van der Waals surface area contributed by atoms with Crippen LogP contribution >= 0.6 is 22.9 Å². The molecule has 2 aromatic carbocycles. The average Bonchev–Trinajstić information content (AvgIpc) is 3.59. The fourth-order valence-corrected chi connectivity index (χ4v) is 6.16. The number of carbonyl (C=O) groups excluding carboxylic acids is 1. The monoisotopic (exact) mass is 589 g/mol. The molecular weight excluding hydrogens is 558 g/mol. The highest BCUT2D eigenvalue weighted by Crippen LogP contribution is 2.35. The number of hydrogen-bond donors (Lipinski definition) is 1. The van der Waals surface area contributed by atoms with Crippen LogP contribution in [0, 0.1) is 20.8 Å². The zero-order valence-corrected chi connectivity index (χ0v) is 25.5. The van der Waals surface area contributed by atoms with Gasteiger partial charge in [-0.15, -0.1) is 26.6 Å². The highest BCUT2D eigenvalue weighted by atomic mass is 35.5. The van der Waals surface area contributed by atoms with Crippen LogP contribution in [0.5, 0.6) is 0 Å². The van der Waals surface area contributed by atoms with Gasteiger partial charge in [-0.25, -0.2) is 0 Å². The summed E-state index contributed by atoms with van der Waals surface area (Å²) in [6.07, 6.45) is 0.680. The molecule has 0 saturated carbocycles. The number of hydrogen-bond acceptors (Lipinski definition) is 8. The number of rotatable bonds is 8. The van der Waals surface area contributed by atoms with E-state index in [9.17, 15) is 4.79 Å². The molecule has 1 aliphatic rings. The van der Waals surface area contributed by atoms with Gasteiger partial charge in [-0.3, -0.25) is 19.4 Å². The Morgan fingerprint density at radius 2 is 1.90 bits per heavy atom. The lowest BCUT2D eigenvalue weighted by Crippen LogP contribution is -2.15. The highest BCUT2D eigenvalue weighted by molar-refractivity contribution is 7.15. The Labute approximate surface area is 248 Å². The van der Waals surface area contributed by atoms with Crippen molar-refractivity contribution in [2.24, 2.45) is 10.1 Å². The molecule has 212 valence electrons. The molecule has 3 heterocycles. The summed E-state index contributed by atoms with van der Waals surface area (Å²) in [5.74, 6) is 1.96. The van der Waals surface area contributed by atoms with Crippen molar-refractivity contribution in [1.29, 1.82) is 0 Å². The predicted molar refractivity (Wildman–Crippen MR) is 165 cm³/mol. The Kier molecular flexibility index (Phi) is 8.23. The molecule has 9 nitrogen and oxygen atoms in total. The maximum Gasteiger partial charge on any atom is 0.238 e. The topological polar surface area (TPSA) is 97.0 Å². The first-order valence-corrected chi connectivity index (χ1v) is 14.4. The van der Waals surface area contributed by atoms with Crippen LogP contribution in [-0.4, -0.2) is 58.4 Å². The quantitative estimate of drug-likeness (QED) is 0.210. The fraction of sp³-hybridized carbons (Fsp3) is 0.300. The third kappa shape index (κ3) is 5.89. The molecule has 0 unspecified atom stereocenters. The van der Waals surface area contributed by atoms with Crippen molar-refractivity contribution >= 4 is 46.1 Å². The second kappa shape index (κ2) is 11.8. The number of hydrazone groups is 1. The van der Waals surface area contributed by atoms with E-state index < -0.39 is 0 Å². The van der Waals surface area contributed by atoms with Gasteiger partial charge in [0, 0.05) is 71.8 Å². The van der Waals surface area contributed by atoms with E-state index in [1.54, 1.807) is 23.4 Å². The van der Waals surface area contributed by atoms with Crippen molar-refractivity contribution in [1.82, 2.24) is 19.8 Å². The van der Waals surface area contributed by atoms with Crippen molar-refractivity contribution in [3.05, 3.63) is 91.8 Å². The number of anilines is 1. The molecule has 4 aromatic rings. The van der Waals surface area contributed by atoms with Gasteiger partial charge in [0.2, 0.25) is 11.8 Å². The number of aryl methyl sites for hydroxylation is 3. The van der Waals surface area contributed by atoms with E-state index in [4.69, 9.17) is 16.3 Å². The second-order valence-corrected chi connectivity index (χ2v) is 11.6. The summed E-state index contributed by atoms with van der Waals surface area (Å²) in [7, 11) is 5.50. The highest BCUT2D eigenvalue weighted by Gasteiger charge is 2.24. The minimum absolute atomic E-state index is 0.103. The van der Waals surface area contributed by atoms with Gasteiger partial charge in [-0.2, -0.15) is 0 Å². The first-order chi connectivity index (χ1) is 19.7. The van der Waals surface area contributed by atoms with Gasteiger partial charge in [0.05, 0.1) is 5.71 Å². The van der Waals surface area contributed by atoms with Crippen molar-refractivity contribution in [2.45, 2.75) is 40.2 Å². The summed E-state index contributed by atoms with van der Waals surface area (Å²) < 4.78 is 7.75. The summed E-state index contributed by atoms with van der Waals surface area (Å²) in [6.45, 7) is 6.56. The number of fused-ring (bicyclic) bond motifs is 1. The molecule has 0 atom stereocenters. The largest absolute Gasteiger partial charge is 0.471 e. The summed E-state index contributed by atoms with van der Waals surface area (Å²) in [4.78, 5) is 18.8. The molecule has 5 rings (SSSR count). The lowest BCUT2D eigenvalue weighted by atomic mass is 10.00. The zero-order chi connectivity index (χ0) is 29.3. The number of thiophene rings is 1. The Bertz CT molecular complexity index is 1670. The Hall–Kier alpha value is -4.02. The van der Waals surface area contributed by atoms with Crippen LogP contribution in [0.25, 0.3) is 5.00 Å². The van der Waals surface area contributed by atoms with Gasteiger partial charge < -0.3 is 10.1 Å². The van der Waals surface area contributed by atoms with Crippen LogP contribution in [0.4, 0.5) is 5.69 Å². The molecule has 41 heavy (non-hydrogen) atoms. The van der Waals surface area contributed by atoms with Crippen LogP contribution in [-0.2, 0) is 22.6 Å². The van der Waals surface area contributed by atoms with Crippen molar-refractivity contribution in [3.63, 3.8) is 0 Å². The summed E-state index contributed by atoms with van der Waals surface area (Å²) in [6, 6.07) is 13.4. The molecule has 11 heteroatoms. The van der Waals surface area contributed by atoms with Crippen LogP contribution in [0.1, 0.15) is 50.8 Å². The standard InChI is InChI=1S/C30H32ClN7O2S/c1-17-18(2)41-30(27(17)28(32-4)20-7-9-22(31)10-8-20)38-19(3)34-35-25(38)13-14-26(39)33-23-11-12-24-21(15-23)16-40-29(24)36-37(5)6/h7-12,15H,13-14,16H2,1-6H3,(H,33,39)/b32-28?,36-29-. The number of ether oxygens (including phenoxy) is 1. The van der Waals surface area contributed by atoms with E-state index in [-0.39, 0.29) is 12.3 Å². The third-order valence-electron chi connectivity index (χ3n) is 6.89. The number of amides is 1. The maximum absolute atomic E-state index is 13.0.